The number of hydrogen-bond donors (Lipinski definition) is 1. The van der Waals surface area contributed by atoms with Crippen LogP contribution in [-0.4, -0.2) is 40.6 Å². The molecule has 3 aromatic rings. The molecule has 0 spiro atoms. The Hall–Kier alpha value is -3.16. The van der Waals surface area contributed by atoms with Crippen molar-refractivity contribution in [2.45, 2.75) is 19.4 Å². The molecule has 8 heteroatoms. The second-order valence-electron chi connectivity index (χ2n) is 7.71. The van der Waals surface area contributed by atoms with Crippen LogP contribution in [0.1, 0.15) is 18.7 Å². The Kier molecular flexibility index (Phi) is 7.19. The zero-order valence-corrected chi connectivity index (χ0v) is 18.4. The molecule has 0 saturated carbocycles. The van der Waals surface area contributed by atoms with E-state index < -0.39 is 0 Å². The Balaban J connectivity index is 1.31. The number of ether oxygens (including phenoxy) is 1. The largest absolute Gasteiger partial charge is 0.490 e. The van der Waals surface area contributed by atoms with E-state index in [0.717, 1.165) is 36.4 Å². The number of aromatic nitrogens is 2. The number of halogens is 1. The van der Waals surface area contributed by atoms with E-state index in [0.29, 0.717) is 36.4 Å². The van der Waals surface area contributed by atoms with Crippen molar-refractivity contribution in [3.05, 3.63) is 72.1 Å². The van der Waals surface area contributed by atoms with Crippen LogP contribution in [0.15, 0.2) is 65.7 Å². The van der Waals surface area contributed by atoms with Gasteiger partial charge in [0.1, 0.15) is 12.4 Å². The topological polar surface area (TPSA) is 80.5 Å². The average molecular weight is 453 g/mol. The summed E-state index contributed by atoms with van der Waals surface area (Å²) in [4.78, 5) is 19.5. The average Bonchev–Trinajstić information content (AvgIpc) is 3.27. The number of carbonyl (C=O) groups excluding carboxylic acids is 1. The van der Waals surface area contributed by atoms with Crippen LogP contribution >= 0.6 is 11.6 Å². The maximum absolute atomic E-state index is 12.8. The molecule has 7 nitrogen and oxygen atoms in total. The zero-order chi connectivity index (χ0) is 22.3. The number of rotatable bonds is 8. The van der Waals surface area contributed by atoms with Gasteiger partial charge in [-0.3, -0.25) is 9.69 Å². The number of benzene rings is 2. The zero-order valence-electron chi connectivity index (χ0n) is 17.7. The SMILES string of the molecule is C=CCOc1ccc(NC(=O)C2CCCN(Cc3nc(-c4ccc(Cl)cc4)no3)C2)cc1. The summed E-state index contributed by atoms with van der Waals surface area (Å²) in [6, 6.07) is 14.7. The van der Waals surface area contributed by atoms with Crippen molar-refractivity contribution in [2.75, 3.05) is 25.0 Å². The Morgan fingerprint density at radius 1 is 1.25 bits per heavy atom. The molecule has 0 bridgehead atoms. The van der Waals surface area contributed by atoms with Gasteiger partial charge >= 0.3 is 0 Å². The molecule has 0 radical (unpaired) electrons. The molecule has 166 valence electrons. The lowest BCUT2D eigenvalue weighted by Crippen LogP contribution is -2.40. The Morgan fingerprint density at radius 3 is 2.78 bits per heavy atom. The monoisotopic (exact) mass is 452 g/mol. The standard InChI is InChI=1S/C24H25ClN4O3/c1-2-14-31-21-11-9-20(10-12-21)26-24(30)18-4-3-13-29(15-18)16-22-27-23(28-32-22)17-5-7-19(25)8-6-17/h2,5-12,18H,1,3-4,13-16H2,(H,26,30). The number of carbonyl (C=O) groups is 1. The van der Waals surface area contributed by atoms with Crippen LogP contribution in [0.4, 0.5) is 5.69 Å². The van der Waals surface area contributed by atoms with Crippen LogP contribution in [-0.2, 0) is 11.3 Å². The fourth-order valence-corrected chi connectivity index (χ4v) is 3.80. The van der Waals surface area contributed by atoms with Gasteiger partial charge in [-0.25, -0.2) is 0 Å². The molecule has 1 aliphatic rings. The maximum atomic E-state index is 12.8. The molecule has 1 aliphatic heterocycles. The van der Waals surface area contributed by atoms with Crippen molar-refractivity contribution in [3.8, 4) is 17.1 Å². The van der Waals surface area contributed by atoms with Crippen LogP contribution in [0.3, 0.4) is 0 Å². The minimum Gasteiger partial charge on any atom is -0.490 e. The van der Waals surface area contributed by atoms with Gasteiger partial charge in [0, 0.05) is 22.8 Å². The van der Waals surface area contributed by atoms with E-state index >= 15 is 0 Å². The lowest BCUT2D eigenvalue weighted by Gasteiger charge is -2.30. The van der Waals surface area contributed by atoms with Gasteiger partial charge in [-0.05, 0) is 67.9 Å². The number of amides is 1. The van der Waals surface area contributed by atoms with Crippen LogP contribution in [0.2, 0.25) is 5.02 Å². The van der Waals surface area contributed by atoms with E-state index in [2.05, 4.69) is 26.9 Å². The Bertz CT molecular complexity index is 1050. The molecule has 4 rings (SSSR count). The van der Waals surface area contributed by atoms with Crippen molar-refractivity contribution >= 4 is 23.2 Å². The first kappa shape index (κ1) is 22.0. The fourth-order valence-electron chi connectivity index (χ4n) is 3.67. The Labute approximate surface area is 192 Å². The lowest BCUT2D eigenvalue weighted by molar-refractivity contribution is -0.121. The highest BCUT2D eigenvalue weighted by atomic mass is 35.5. The number of nitrogens with one attached hydrogen (secondary N) is 1. The molecule has 2 aromatic carbocycles. The summed E-state index contributed by atoms with van der Waals surface area (Å²) in [7, 11) is 0. The third-order valence-electron chi connectivity index (χ3n) is 5.30. The van der Waals surface area contributed by atoms with E-state index in [-0.39, 0.29) is 11.8 Å². The smallest absolute Gasteiger partial charge is 0.241 e. The molecule has 1 amide bonds. The summed E-state index contributed by atoms with van der Waals surface area (Å²) in [5, 5.41) is 7.73. The molecule has 1 fully saturated rings. The first-order valence-electron chi connectivity index (χ1n) is 10.6. The van der Waals surface area contributed by atoms with E-state index in [1.807, 2.05) is 36.4 Å². The highest BCUT2D eigenvalue weighted by Gasteiger charge is 2.27. The van der Waals surface area contributed by atoms with Gasteiger partial charge in [-0.1, -0.05) is 29.4 Å². The molecular weight excluding hydrogens is 428 g/mol. The van der Waals surface area contributed by atoms with Crippen LogP contribution < -0.4 is 10.1 Å². The van der Waals surface area contributed by atoms with E-state index in [4.69, 9.17) is 20.9 Å². The predicted octanol–water partition coefficient (Wildman–Crippen LogP) is 4.81. The second-order valence-corrected chi connectivity index (χ2v) is 8.14. The normalized spacial score (nSPS) is 16.5. The molecule has 1 aromatic heterocycles. The number of nitrogens with zero attached hydrogens (tertiary/aromatic N) is 3. The lowest BCUT2D eigenvalue weighted by atomic mass is 9.97. The number of piperidine rings is 1. The number of anilines is 1. The summed E-state index contributed by atoms with van der Waals surface area (Å²) in [5.41, 5.74) is 1.60. The van der Waals surface area contributed by atoms with Crippen molar-refractivity contribution in [1.82, 2.24) is 15.0 Å². The summed E-state index contributed by atoms with van der Waals surface area (Å²) < 4.78 is 10.9. The molecule has 0 aliphatic carbocycles. The van der Waals surface area contributed by atoms with E-state index in [1.54, 1.807) is 18.2 Å². The predicted molar refractivity (Wildman–Crippen MR) is 124 cm³/mol. The van der Waals surface area contributed by atoms with Crippen molar-refractivity contribution in [2.24, 2.45) is 5.92 Å². The third kappa shape index (κ3) is 5.75. The maximum Gasteiger partial charge on any atom is 0.241 e. The first-order chi connectivity index (χ1) is 15.6. The molecule has 1 atom stereocenters. The van der Waals surface area contributed by atoms with Gasteiger partial charge in [0.05, 0.1) is 12.5 Å². The van der Waals surface area contributed by atoms with E-state index in [1.165, 1.54) is 0 Å². The fraction of sp³-hybridized carbons (Fsp3) is 0.292. The third-order valence-corrected chi connectivity index (χ3v) is 5.55. The first-order valence-corrected chi connectivity index (χ1v) is 10.9. The van der Waals surface area contributed by atoms with Crippen LogP contribution in [0.5, 0.6) is 5.75 Å². The summed E-state index contributed by atoms with van der Waals surface area (Å²) in [6.45, 7) is 6.12. The summed E-state index contributed by atoms with van der Waals surface area (Å²) >= 11 is 5.94. The van der Waals surface area contributed by atoms with Gasteiger partial charge in [0.25, 0.3) is 0 Å². The molecule has 1 unspecified atom stereocenters. The van der Waals surface area contributed by atoms with Crippen molar-refractivity contribution in [1.29, 1.82) is 0 Å². The van der Waals surface area contributed by atoms with Gasteiger partial charge in [-0.15, -0.1) is 0 Å². The minimum atomic E-state index is -0.0981. The number of hydrogen-bond acceptors (Lipinski definition) is 6. The second kappa shape index (κ2) is 10.4. The van der Waals surface area contributed by atoms with Crippen molar-refractivity contribution < 1.29 is 14.1 Å². The van der Waals surface area contributed by atoms with E-state index in [9.17, 15) is 4.79 Å². The van der Waals surface area contributed by atoms with Crippen LogP contribution in [0.25, 0.3) is 11.4 Å². The minimum absolute atomic E-state index is 0.0156. The summed E-state index contributed by atoms with van der Waals surface area (Å²) in [6.07, 6.45) is 3.48. The number of likely N-dealkylation sites (tertiary alicyclic amines) is 1. The quantitative estimate of drug-likeness (QED) is 0.494. The highest BCUT2D eigenvalue weighted by Crippen LogP contribution is 2.23. The van der Waals surface area contributed by atoms with Crippen molar-refractivity contribution in [3.63, 3.8) is 0 Å². The molecule has 2 heterocycles. The molecule has 1 N–H and O–H groups in total. The van der Waals surface area contributed by atoms with Gasteiger partial charge < -0.3 is 14.6 Å². The Morgan fingerprint density at radius 2 is 2.03 bits per heavy atom. The van der Waals surface area contributed by atoms with Crippen LogP contribution in [0, 0.1) is 5.92 Å². The van der Waals surface area contributed by atoms with Gasteiger partial charge in [0.2, 0.25) is 17.6 Å². The summed E-state index contributed by atoms with van der Waals surface area (Å²) in [5.74, 6) is 1.72. The highest BCUT2D eigenvalue weighted by molar-refractivity contribution is 6.30. The molecular formula is C24H25ClN4O3. The molecule has 32 heavy (non-hydrogen) atoms. The van der Waals surface area contributed by atoms with Gasteiger partial charge in [-0.2, -0.15) is 4.98 Å². The molecule has 1 saturated heterocycles. The van der Waals surface area contributed by atoms with Gasteiger partial charge in [0.15, 0.2) is 0 Å².